The van der Waals surface area contributed by atoms with E-state index < -0.39 is 0 Å². The SMILES string of the molecule is CCOC(=O)CCc1cccc(C(CCCC(C)(C)CO)OC2CCCCO2)c1. The third-order valence-electron chi connectivity index (χ3n) is 5.45. The summed E-state index contributed by atoms with van der Waals surface area (Å²) in [7, 11) is 0. The zero-order valence-electron chi connectivity index (χ0n) is 18.3. The first kappa shape index (κ1) is 23.8. The summed E-state index contributed by atoms with van der Waals surface area (Å²) >= 11 is 0. The van der Waals surface area contributed by atoms with Gasteiger partial charge in [0.25, 0.3) is 0 Å². The largest absolute Gasteiger partial charge is 0.466 e. The molecule has 2 unspecified atom stereocenters. The second-order valence-electron chi connectivity index (χ2n) is 8.69. The third-order valence-corrected chi connectivity index (χ3v) is 5.45. The van der Waals surface area contributed by atoms with Crippen molar-refractivity contribution in [3.8, 4) is 0 Å². The molecule has 1 heterocycles. The molecule has 5 heteroatoms. The molecule has 1 fully saturated rings. The molecule has 1 aliphatic rings. The summed E-state index contributed by atoms with van der Waals surface area (Å²) < 4.78 is 17.2. The summed E-state index contributed by atoms with van der Waals surface area (Å²) in [6, 6.07) is 8.32. The lowest BCUT2D eigenvalue weighted by Crippen LogP contribution is -2.25. The molecule has 29 heavy (non-hydrogen) atoms. The number of carbonyl (C=O) groups is 1. The molecule has 2 atom stereocenters. The summed E-state index contributed by atoms with van der Waals surface area (Å²) in [5.74, 6) is -0.160. The van der Waals surface area contributed by atoms with Gasteiger partial charge in [-0.15, -0.1) is 0 Å². The summed E-state index contributed by atoms with van der Waals surface area (Å²) in [5.41, 5.74) is 2.17. The minimum absolute atomic E-state index is 0.0462. The Hall–Kier alpha value is -1.43. The Morgan fingerprint density at radius 1 is 1.34 bits per heavy atom. The molecule has 1 saturated heterocycles. The van der Waals surface area contributed by atoms with E-state index in [0.29, 0.717) is 19.4 Å². The molecular formula is C24H38O5. The maximum Gasteiger partial charge on any atom is 0.306 e. The minimum Gasteiger partial charge on any atom is -0.466 e. The maximum atomic E-state index is 11.7. The molecule has 164 valence electrons. The van der Waals surface area contributed by atoms with E-state index in [9.17, 15) is 9.90 Å². The van der Waals surface area contributed by atoms with Gasteiger partial charge in [-0.05, 0) is 68.4 Å². The van der Waals surface area contributed by atoms with Crippen LogP contribution in [-0.2, 0) is 25.4 Å². The predicted octanol–water partition coefficient (Wildman–Crippen LogP) is 4.96. The van der Waals surface area contributed by atoms with Crippen molar-refractivity contribution in [2.75, 3.05) is 19.8 Å². The Balaban J connectivity index is 2.03. The fraction of sp³-hybridized carbons (Fsp3) is 0.708. The highest BCUT2D eigenvalue weighted by Crippen LogP contribution is 2.31. The topological polar surface area (TPSA) is 65.0 Å². The van der Waals surface area contributed by atoms with Crippen molar-refractivity contribution in [3.63, 3.8) is 0 Å². The first-order valence-corrected chi connectivity index (χ1v) is 11.1. The molecule has 1 aliphatic heterocycles. The van der Waals surface area contributed by atoms with Gasteiger partial charge >= 0.3 is 5.97 Å². The predicted molar refractivity (Wildman–Crippen MR) is 114 cm³/mol. The van der Waals surface area contributed by atoms with E-state index in [4.69, 9.17) is 14.2 Å². The number of ether oxygens (including phenoxy) is 3. The van der Waals surface area contributed by atoms with Crippen LogP contribution in [0.1, 0.15) is 82.9 Å². The van der Waals surface area contributed by atoms with Crippen LogP contribution >= 0.6 is 0 Å². The van der Waals surface area contributed by atoms with Gasteiger partial charge in [0, 0.05) is 19.6 Å². The van der Waals surface area contributed by atoms with Crippen molar-refractivity contribution in [1.82, 2.24) is 0 Å². The minimum atomic E-state index is -0.160. The van der Waals surface area contributed by atoms with Gasteiger partial charge < -0.3 is 19.3 Å². The van der Waals surface area contributed by atoms with Crippen molar-refractivity contribution in [2.45, 2.75) is 84.5 Å². The average molecular weight is 407 g/mol. The Labute approximate surface area is 175 Å². The number of aliphatic hydroxyl groups excluding tert-OH is 1. The van der Waals surface area contributed by atoms with Gasteiger partial charge in [0.05, 0.1) is 12.7 Å². The summed E-state index contributed by atoms with van der Waals surface area (Å²) in [6.07, 6.45) is 6.81. The van der Waals surface area contributed by atoms with Gasteiger partial charge in [-0.25, -0.2) is 0 Å². The Morgan fingerprint density at radius 2 is 2.17 bits per heavy atom. The number of aliphatic hydroxyl groups is 1. The van der Waals surface area contributed by atoms with Crippen molar-refractivity contribution >= 4 is 5.97 Å². The van der Waals surface area contributed by atoms with Gasteiger partial charge in [0.15, 0.2) is 6.29 Å². The van der Waals surface area contributed by atoms with Gasteiger partial charge in [-0.2, -0.15) is 0 Å². The van der Waals surface area contributed by atoms with Crippen LogP contribution in [0.2, 0.25) is 0 Å². The van der Waals surface area contributed by atoms with E-state index >= 15 is 0 Å². The molecule has 0 radical (unpaired) electrons. The van der Waals surface area contributed by atoms with Gasteiger partial charge in [0.2, 0.25) is 0 Å². The fourth-order valence-electron chi connectivity index (χ4n) is 3.59. The maximum absolute atomic E-state index is 11.7. The molecule has 1 aromatic rings. The zero-order chi connectivity index (χ0) is 21.1. The molecule has 0 aliphatic carbocycles. The summed E-state index contributed by atoms with van der Waals surface area (Å²) in [5, 5.41) is 9.53. The Kier molecular flexibility index (Phi) is 10.1. The fourth-order valence-corrected chi connectivity index (χ4v) is 3.59. The number of aryl methyl sites for hydroxylation is 1. The smallest absolute Gasteiger partial charge is 0.306 e. The van der Waals surface area contributed by atoms with Crippen molar-refractivity contribution < 1.29 is 24.1 Å². The molecule has 0 bridgehead atoms. The van der Waals surface area contributed by atoms with E-state index in [1.165, 1.54) is 0 Å². The van der Waals surface area contributed by atoms with E-state index in [1.54, 1.807) is 0 Å². The van der Waals surface area contributed by atoms with Gasteiger partial charge in [0.1, 0.15) is 0 Å². The van der Waals surface area contributed by atoms with Crippen molar-refractivity contribution in [2.24, 2.45) is 5.41 Å². The second-order valence-corrected chi connectivity index (χ2v) is 8.69. The monoisotopic (exact) mass is 406 g/mol. The van der Waals surface area contributed by atoms with Crippen LogP contribution in [0.15, 0.2) is 24.3 Å². The zero-order valence-corrected chi connectivity index (χ0v) is 18.3. The van der Waals surface area contributed by atoms with Crippen LogP contribution in [0.3, 0.4) is 0 Å². The highest BCUT2D eigenvalue weighted by molar-refractivity contribution is 5.69. The summed E-state index contributed by atoms with van der Waals surface area (Å²) in [6.45, 7) is 7.36. The molecule has 0 saturated carbocycles. The van der Waals surface area contributed by atoms with Gasteiger partial charge in [-0.1, -0.05) is 38.1 Å². The van der Waals surface area contributed by atoms with Crippen LogP contribution in [0, 0.1) is 5.41 Å². The third kappa shape index (κ3) is 8.85. The molecule has 5 nitrogen and oxygen atoms in total. The van der Waals surface area contributed by atoms with Crippen LogP contribution in [0.4, 0.5) is 0 Å². The Morgan fingerprint density at radius 3 is 2.86 bits per heavy atom. The lowest BCUT2D eigenvalue weighted by molar-refractivity contribution is -0.191. The van der Waals surface area contributed by atoms with Crippen LogP contribution in [0.5, 0.6) is 0 Å². The first-order valence-electron chi connectivity index (χ1n) is 11.1. The number of rotatable bonds is 12. The highest BCUT2D eigenvalue weighted by atomic mass is 16.7. The second kappa shape index (κ2) is 12.3. The number of hydrogen-bond acceptors (Lipinski definition) is 5. The van der Waals surface area contributed by atoms with Crippen LogP contribution in [-0.4, -0.2) is 37.2 Å². The number of hydrogen-bond donors (Lipinski definition) is 1. The van der Waals surface area contributed by atoms with Crippen LogP contribution in [0.25, 0.3) is 0 Å². The quantitative estimate of drug-likeness (QED) is 0.497. The molecule has 0 spiro atoms. The van der Waals surface area contributed by atoms with E-state index in [1.807, 2.05) is 19.1 Å². The lowest BCUT2D eigenvalue weighted by Gasteiger charge is -2.29. The van der Waals surface area contributed by atoms with Crippen molar-refractivity contribution in [3.05, 3.63) is 35.4 Å². The molecule has 1 aromatic carbocycles. The first-order chi connectivity index (χ1) is 13.9. The molecule has 1 N–H and O–H groups in total. The Bertz CT molecular complexity index is 607. The molecule has 2 rings (SSSR count). The highest BCUT2D eigenvalue weighted by Gasteiger charge is 2.23. The van der Waals surface area contributed by atoms with Crippen LogP contribution < -0.4 is 0 Å². The number of esters is 1. The standard InChI is InChI=1S/C24H38O5/c1-4-27-22(26)14-13-19-9-7-10-20(17-19)21(11-8-15-24(2,3)18-25)29-23-12-5-6-16-28-23/h7,9-10,17,21,23,25H,4-6,8,11-16,18H2,1-3H3. The molecule has 0 amide bonds. The lowest BCUT2D eigenvalue weighted by atomic mass is 9.87. The van der Waals surface area contributed by atoms with E-state index in [2.05, 4.69) is 26.0 Å². The number of benzene rings is 1. The van der Waals surface area contributed by atoms with E-state index in [0.717, 1.165) is 56.3 Å². The van der Waals surface area contributed by atoms with Crippen molar-refractivity contribution in [1.29, 1.82) is 0 Å². The summed E-state index contributed by atoms with van der Waals surface area (Å²) in [4.78, 5) is 11.7. The molecular weight excluding hydrogens is 368 g/mol. The van der Waals surface area contributed by atoms with Gasteiger partial charge in [-0.3, -0.25) is 4.79 Å². The normalized spacial score (nSPS) is 18.4. The number of carbonyl (C=O) groups excluding carboxylic acids is 1. The molecule has 0 aromatic heterocycles. The van der Waals surface area contributed by atoms with E-state index in [-0.39, 0.29) is 30.4 Å². The average Bonchev–Trinajstić information content (AvgIpc) is 2.73.